The number of nitrogens with zero attached hydrogens (tertiary/aromatic N) is 3. The molecule has 0 spiro atoms. The average molecular weight is 535 g/mol. The number of carbonyl (C=O) groups is 2. The van der Waals surface area contributed by atoms with Crippen molar-refractivity contribution in [1.82, 2.24) is 20.4 Å². The number of thiophene rings is 1. The zero-order valence-electron chi connectivity index (χ0n) is 20.6. The molecular formula is C22H29F3N4O6S. The quantitative estimate of drug-likeness (QED) is 0.515. The monoisotopic (exact) mass is 534 g/mol. The summed E-state index contributed by atoms with van der Waals surface area (Å²) in [5, 5.41) is 10.6. The number of alkyl halides is 3. The molecule has 0 radical (unpaired) electrons. The smallest absolute Gasteiger partial charge is 0.447 e. The van der Waals surface area contributed by atoms with Crippen LogP contribution in [0.15, 0.2) is 10.5 Å². The number of amides is 2. The van der Waals surface area contributed by atoms with Gasteiger partial charge < -0.3 is 19.2 Å². The van der Waals surface area contributed by atoms with E-state index in [4.69, 9.17) is 13.9 Å². The number of rotatable bonds is 7. The molecule has 200 valence electrons. The number of aryl methyl sites for hydroxylation is 2. The molecule has 0 bridgehead atoms. The Bertz CT molecular complexity index is 1050. The van der Waals surface area contributed by atoms with Crippen LogP contribution < -0.4 is 10.1 Å². The minimum atomic E-state index is -4.77. The Kier molecular flexibility index (Phi) is 8.49. The summed E-state index contributed by atoms with van der Waals surface area (Å²) in [7, 11) is 0. The molecule has 2 atom stereocenters. The molecule has 1 aliphatic heterocycles. The number of ether oxygens (including phenoxy) is 3. The van der Waals surface area contributed by atoms with Crippen LogP contribution in [0.1, 0.15) is 65.7 Å². The topological polar surface area (TPSA) is 116 Å². The van der Waals surface area contributed by atoms with Crippen LogP contribution in [0.4, 0.5) is 18.0 Å². The molecule has 14 heteroatoms. The molecule has 1 N–H and O–H groups in total. The first-order chi connectivity index (χ1) is 16.7. The minimum absolute atomic E-state index is 0.0434. The molecule has 2 aromatic rings. The van der Waals surface area contributed by atoms with Gasteiger partial charge in [-0.1, -0.05) is 5.10 Å². The van der Waals surface area contributed by atoms with Gasteiger partial charge in [-0.15, -0.1) is 29.6 Å². The van der Waals surface area contributed by atoms with Gasteiger partial charge in [0.15, 0.2) is 0 Å². The lowest BCUT2D eigenvalue weighted by atomic mass is 9.98. The second-order valence-electron chi connectivity index (χ2n) is 9.29. The molecule has 3 rings (SSSR count). The molecule has 10 nitrogen and oxygen atoms in total. The Morgan fingerprint density at radius 1 is 1.19 bits per heavy atom. The third kappa shape index (κ3) is 7.82. The van der Waals surface area contributed by atoms with E-state index < -0.39 is 37.3 Å². The van der Waals surface area contributed by atoms with Crippen LogP contribution in [-0.2, 0) is 9.47 Å². The predicted octanol–water partition coefficient (Wildman–Crippen LogP) is 4.53. The Labute approximate surface area is 210 Å². The number of carbonyl (C=O) groups excluding carboxylic acids is 2. The summed E-state index contributed by atoms with van der Waals surface area (Å²) >= 11 is 1.40. The van der Waals surface area contributed by atoms with E-state index >= 15 is 0 Å². The molecule has 0 saturated carbocycles. The first kappa shape index (κ1) is 27.7. The molecule has 0 aliphatic carbocycles. The maximum Gasteiger partial charge on any atom is 0.522 e. The first-order valence-corrected chi connectivity index (χ1v) is 12.1. The van der Waals surface area contributed by atoms with Crippen LogP contribution >= 0.6 is 11.3 Å². The molecule has 36 heavy (non-hydrogen) atoms. The highest BCUT2D eigenvalue weighted by atomic mass is 32.1. The van der Waals surface area contributed by atoms with Crippen molar-refractivity contribution in [3.8, 4) is 6.08 Å². The lowest BCUT2D eigenvalue weighted by Crippen LogP contribution is -2.51. The van der Waals surface area contributed by atoms with Crippen molar-refractivity contribution in [2.45, 2.75) is 71.5 Å². The molecule has 1 aliphatic rings. The Morgan fingerprint density at radius 3 is 2.53 bits per heavy atom. The van der Waals surface area contributed by atoms with Gasteiger partial charge in [0.25, 0.3) is 5.91 Å². The van der Waals surface area contributed by atoms with Crippen molar-refractivity contribution in [3.05, 3.63) is 27.3 Å². The number of hydrogen-bond acceptors (Lipinski definition) is 9. The number of aromatic nitrogens is 2. The maximum absolute atomic E-state index is 13.0. The Hall–Kier alpha value is -2.87. The van der Waals surface area contributed by atoms with E-state index in [0.717, 1.165) is 10.4 Å². The fourth-order valence-electron chi connectivity index (χ4n) is 3.51. The highest BCUT2D eigenvalue weighted by Crippen LogP contribution is 2.33. The highest BCUT2D eigenvalue weighted by Gasteiger charge is 2.39. The molecule has 1 saturated heterocycles. The molecule has 2 aromatic heterocycles. The third-order valence-corrected chi connectivity index (χ3v) is 6.37. The van der Waals surface area contributed by atoms with Gasteiger partial charge in [-0.05, 0) is 59.1 Å². The molecule has 1 fully saturated rings. The molecule has 3 heterocycles. The minimum Gasteiger partial charge on any atom is -0.447 e. The summed E-state index contributed by atoms with van der Waals surface area (Å²) in [5.74, 6) is -0.180. The average Bonchev–Trinajstić information content (AvgIpc) is 3.36. The summed E-state index contributed by atoms with van der Waals surface area (Å²) in [5.41, 5.74) is 0.259. The van der Waals surface area contributed by atoms with Crippen molar-refractivity contribution < 1.29 is 41.4 Å². The van der Waals surface area contributed by atoms with Crippen LogP contribution in [0.2, 0.25) is 0 Å². The molecule has 0 unspecified atom stereocenters. The van der Waals surface area contributed by atoms with E-state index in [2.05, 4.69) is 20.3 Å². The molecular weight excluding hydrogens is 505 g/mol. The number of likely N-dealkylation sites (tertiary alicyclic amines) is 1. The second kappa shape index (κ2) is 11.0. The van der Waals surface area contributed by atoms with Crippen LogP contribution in [0, 0.1) is 13.8 Å². The lowest BCUT2D eigenvalue weighted by Gasteiger charge is -2.38. The van der Waals surface area contributed by atoms with Gasteiger partial charge in [-0.3, -0.25) is 14.4 Å². The van der Waals surface area contributed by atoms with E-state index in [1.807, 2.05) is 19.9 Å². The van der Waals surface area contributed by atoms with Gasteiger partial charge in [0.1, 0.15) is 18.2 Å². The van der Waals surface area contributed by atoms with Crippen molar-refractivity contribution in [2.24, 2.45) is 0 Å². The van der Waals surface area contributed by atoms with Crippen molar-refractivity contribution in [2.75, 3.05) is 19.8 Å². The Morgan fingerprint density at radius 2 is 1.92 bits per heavy atom. The summed E-state index contributed by atoms with van der Waals surface area (Å²) in [6.07, 6.45) is -4.87. The van der Waals surface area contributed by atoms with Crippen molar-refractivity contribution >= 4 is 23.3 Å². The molecule has 0 aromatic carbocycles. The Balaban J connectivity index is 1.69. The number of nitrogens with one attached hydrogen (secondary N) is 1. The summed E-state index contributed by atoms with van der Waals surface area (Å²) in [6.45, 7) is 7.98. The number of hydrogen-bond donors (Lipinski definition) is 1. The van der Waals surface area contributed by atoms with Gasteiger partial charge in [0.05, 0.1) is 11.5 Å². The van der Waals surface area contributed by atoms with Gasteiger partial charge in [0.2, 0.25) is 5.89 Å². The van der Waals surface area contributed by atoms with Crippen LogP contribution in [0.25, 0.3) is 0 Å². The van der Waals surface area contributed by atoms with Crippen LogP contribution in [-0.4, -0.2) is 64.9 Å². The normalized spacial score (nSPS) is 18.7. The summed E-state index contributed by atoms with van der Waals surface area (Å²) in [6, 6.07) is 0.810. The zero-order valence-corrected chi connectivity index (χ0v) is 21.4. The first-order valence-electron chi connectivity index (χ1n) is 11.3. The summed E-state index contributed by atoms with van der Waals surface area (Å²) in [4.78, 5) is 28.8. The fraction of sp³-hybridized carbons (Fsp3) is 0.636. The lowest BCUT2D eigenvalue weighted by molar-refractivity contribution is -0.325. The van der Waals surface area contributed by atoms with E-state index in [-0.39, 0.29) is 30.5 Å². The van der Waals surface area contributed by atoms with Crippen LogP contribution in [0.3, 0.4) is 0 Å². The SMILES string of the molecule is Cc1cc(C(=O)N[C@H]2CC[C@H](c3nnc(OCCOC(F)(F)F)o3)N(C(=O)OC(C)(C)C)C2)sc1C. The van der Waals surface area contributed by atoms with Gasteiger partial charge in [-0.25, -0.2) is 4.79 Å². The van der Waals surface area contributed by atoms with Crippen molar-refractivity contribution in [3.63, 3.8) is 0 Å². The van der Waals surface area contributed by atoms with E-state index in [9.17, 15) is 22.8 Å². The highest BCUT2D eigenvalue weighted by molar-refractivity contribution is 7.14. The fourth-order valence-corrected chi connectivity index (χ4v) is 4.45. The standard InChI is InChI=1S/C22H29F3N4O6S/c1-12-10-16(36-13(12)2)17(30)26-14-6-7-15(29(11-14)20(31)35-21(3,4)5)18-27-28-19(34-18)32-8-9-33-22(23,24)25/h10,14-15H,6-9,11H2,1-5H3,(H,26,30)/t14-,15+/m0/s1. The largest absolute Gasteiger partial charge is 0.522 e. The summed E-state index contributed by atoms with van der Waals surface area (Å²) < 4.78 is 55.9. The van der Waals surface area contributed by atoms with Gasteiger partial charge in [0, 0.05) is 17.5 Å². The number of piperidine rings is 1. The van der Waals surface area contributed by atoms with E-state index in [0.29, 0.717) is 17.7 Å². The molecule has 2 amide bonds. The van der Waals surface area contributed by atoms with E-state index in [1.165, 1.54) is 16.2 Å². The number of halogens is 3. The van der Waals surface area contributed by atoms with E-state index in [1.54, 1.807) is 20.8 Å². The second-order valence-corrected chi connectivity index (χ2v) is 10.6. The van der Waals surface area contributed by atoms with Crippen molar-refractivity contribution in [1.29, 1.82) is 0 Å². The van der Waals surface area contributed by atoms with Crippen LogP contribution in [0.5, 0.6) is 6.08 Å². The predicted molar refractivity (Wildman–Crippen MR) is 122 cm³/mol. The zero-order chi connectivity index (χ0) is 26.7. The van der Waals surface area contributed by atoms with Gasteiger partial charge in [-0.2, -0.15) is 0 Å². The third-order valence-electron chi connectivity index (χ3n) is 5.22. The van der Waals surface area contributed by atoms with Gasteiger partial charge >= 0.3 is 18.5 Å². The maximum atomic E-state index is 13.0.